The maximum atomic E-state index is 13.9. The minimum Gasteiger partial charge on any atom is -0.455 e. The summed E-state index contributed by atoms with van der Waals surface area (Å²) >= 11 is 0. The van der Waals surface area contributed by atoms with Gasteiger partial charge < -0.3 is 28.4 Å². The van der Waals surface area contributed by atoms with E-state index in [1.165, 1.54) is 0 Å². The van der Waals surface area contributed by atoms with Crippen molar-refractivity contribution < 1.29 is 38.0 Å². The molecule has 6 rings (SSSR count). The van der Waals surface area contributed by atoms with Crippen molar-refractivity contribution in [2.24, 2.45) is 0 Å². The molecule has 2 bridgehead atoms. The molecule has 1 unspecified atom stereocenters. The second-order valence-corrected chi connectivity index (χ2v) is 8.81. The third-order valence-electron chi connectivity index (χ3n) is 6.41. The Morgan fingerprint density at radius 2 is 1.72 bits per heavy atom. The predicted molar refractivity (Wildman–Crippen MR) is 108 cm³/mol. The fraction of sp³-hybridized carbons (Fsp3) is 0.417. The van der Waals surface area contributed by atoms with Crippen molar-refractivity contribution in [3.05, 3.63) is 65.7 Å². The summed E-state index contributed by atoms with van der Waals surface area (Å²) in [6.07, 6.45) is -3.04. The maximum Gasteiger partial charge on any atom is 0.338 e. The van der Waals surface area contributed by atoms with E-state index >= 15 is 0 Å². The Kier molecular flexibility index (Phi) is 4.26. The molecule has 0 aliphatic carbocycles. The minimum atomic E-state index is -1.75. The summed E-state index contributed by atoms with van der Waals surface area (Å²) in [5.74, 6) is -1.99. The van der Waals surface area contributed by atoms with Crippen LogP contribution in [0.25, 0.3) is 0 Å². The van der Waals surface area contributed by atoms with Gasteiger partial charge >= 0.3 is 11.9 Å². The Morgan fingerprint density at radius 3 is 2.53 bits per heavy atom. The van der Waals surface area contributed by atoms with E-state index in [0.717, 1.165) is 0 Å². The molecule has 3 fully saturated rings. The normalized spacial score (nSPS) is 36.3. The number of hydrogen-bond donors (Lipinski definition) is 0. The topological polar surface area (TPSA) is 89.5 Å². The molecule has 4 aliphatic heterocycles. The van der Waals surface area contributed by atoms with Crippen LogP contribution in [0.15, 0.2) is 54.6 Å². The average molecular weight is 438 g/mol. The molecular weight excluding hydrogens is 416 g/mol. The largest absolute Gasteiger partial charge is 0.455 e. The van der Waals surface area contributed by atoms with Gasteiger partial charge in [-0.3, -0.25) is 4.79 Å². The van der Waals surface area contributed by atoms with Gasteiger partial charge in [-0.05, 0) is 25.5 Å². The molecule has 166 valence electrons. The summed E-state index contributed by atoms with van der Waals surface area (Å²) < 4.78 is 35.2. The van der Waals surface area contributed by atoms with E-state index in [2.05, 4.69) is 0 Å². The van der Waals surface area contributed by atoms with Crippen LogP contribution in [-0.4, -0.2) is 55.0 Å². The number of carbonyl (C=O) groups excluding carboxylic acids is 2. The molecule has 8 heteroatoms. The van der Waals surface area contributed by atoms with Crippen LogP contribution in [-0.2, 0) is 38.7 Å². The van der Waals surface area contributed by atoms with Gasteiger partial charge in [0, 0.05) is 5.56 Å². The lowest BCUT2D eigenvalue weighted by atomic mass is 9.75. The number of benzene rings is 2. The van der Waals surface area contributed by atoms with Crippen LogP contribution in [0.3, 0.4) is 0 Å². The molecule has 0 aromatic heterocycles. The van der Waals surface area contributed by atoms with Crippen LogP contribution in [0, 0.1) is 0 Å². The van der Waals surface area contributed by atoms with E-state index in [9.17, 15) is 9.59 Å². The Morgan fingerprint density at radius 1 is 1.00 bits per heavy atom. The first-order valence-electron chi connectivity index (χ1n) is 10.6. The number of hydrogen-bond acceptors (Lipinski definition) is 8. The average Bonchev–Trinajstić information content (AvgIpc) is 3.44. The summed E-state index contributed by atoms with van der Waals surface area (Å²) in [5.41, 5.74) is -0.838. The number of esters is 2. The van der Waals surface area contributed by atoms with Crippen molar-refractivity contribution >= 4 is 11.9 Å². The second-order valence-electron chi connectivity index (χ2n) is 8.81. The standard InChI is InChI=1S/C24H22O8/c1-23(2)31-18-17(16-12-27-20(28-16)19(18)32-23)30-22(26)24(13-8-4-3-5-9-13)14-10-6-7-11-15(14)29-21(24)25/h3-11,16-20H,12H2,1-2H3/t16-,17-,18+,19+,20-,24?/m1/s1. The molecule has 0 saturated carbocycles. The van der Waals surface area contributed by atoms with E-state index in [-0.39, 0.29) is 6.61 Å². The van der Waals surface area contributed by atoms with Gasteiger partial charge in [-0.1, -0.05) is 48.5 Å². The van der Waals surface area contributed by atoms with Crippen molar-refractivity contribution in [2.45, 2.75) is 55.8 Å². The lowest BCUT2D eigenvalue weighted by Crippen LogP contribution is -2.56. The SMILES string of the molecule is CC1(C)O[C@@H]2[C@H](O1)[C@@H]1OC[C@@H](O1)[C@H]2OC(=O)C1(c2ccccc2)C(=O)Oc2ccccc21. The Hall–Kier alpha value is -2.78. The number of carbonyl (C=O) groups is 2. The zero-order chi connectivity index (χ0) is 22.1. The van der Waals surface area contributed by atoms with Crippen molar-refractivity contribution in [1.82, 2.24) is 0 Å². The summed E-state index contributed by atoms with van der Waals surface area (Å²) in [6, 6.07) is 15.7. The van der Waals surface area contributed by atoms with E-state index in [1.807, 2.05) is 6.07 Å². The molecule has 0 amide bonds. The first-order chi connectivity index (χ1) is 15.4. The lowest BCUT2D eigenvalue weighted by Gasteiger charge is -2.36. The van der Waals surface area contributed by atoms with Crippen LogP contribution in [0.5, 0.6) is 5.75 Å². The van der Waals surface area contributed by atoms with E-state index in [1.54, 1.807) is 62.4 Å². The van der Waals surface area contributed by atoms with Crippen LogP contribution < -0.4 is 4.74 Å². The van der Waals surface area contributed by atoms with Gasteiger partial charge in [0.15, 0.2) is 18.2 Å². The molecule has 0 radical (unpaired) electrons. The molecule has 2 aromatic rings. The number of fused-ring (bicyclic) bond motifs is 5. The first kappa shape index (κ1) is 19.9. The van der Waals surface area contributed by atoms with Gasteiger partial charge in [0.05, 0.1) is 6.61 Å². The molecule has 3 saturated heterocycles. The third-order valence-corrected chi connectivity index (χ3v) is 6.41. The fourth-order valence-electron chi connectivity index (χ4n) is 5.06. The predicted octanol–water partition coefficient (Wildman–Crippen LogP) is 2.08. The van der Waals surface area contributed by atoms with E-state index in [4.69, 9.17) is 28.4 Å². The van der Waals surface area contributed by atoms with Crippen molar-refractivity contribution in [3.8, 4) is 5.75 Å². The number of para-hydroxylation sites is 1. The molecule has 0 spiro atoms. The number of rotatable bonds is 3. The quantitative estimate of drug-likeness (QED) is 0.409. The highest BCUT2D eigenvalue weighted by Crippen LogP contribution is 2.47. The van der Waals surface area contributed by atoms with E-state index in [0.29, 0.717) is 16.9 Å². The van der Waals surface area contributed by atoms with Crippen molar-refractivity contribution in [2.75, 3.05) is 6.61 Å². The molecule has 2 aromatic carbocycles. The van der Waals surface area contributed by atoms with Crippen molar-refractivity contribution in [3.63, 3.8) is 0 Å². The van der Waals surface area contributed by atoms with Crippen molar-refractivity contribution in [1.29, 1.82) is 0 Å². The molecular formula is C24H22O8. The van der Waals surface area contributed by atoms with Crippen LogP contribution in [0.4, 0.5) is 0 Å². The van der Waals surface area contributed by atoms with Gasteiger partial charge in [-0.25, -0.2) is 4.79 Å². The van der Waals surface area contributed by atoms with Gasteiger partial charge in [0.1, 0.15) is 24.1 Å². The maximum absolute atomic E-state index is 13.9. The molecule has 6 atom stereocenters. The first-order valence-corrected chi connectivity index (χ1v) is 10.6. The Balaban J connectivity index is 1.42. The zero-order valence-corrected chi connectivity index (χ0v) is 17.6. The molecule has 32 heavy (non-hydrogen) atoms. The van der Waals surface area contributed by atoms with Crippen LogP contribution in [0.1, 0.15) is 25.0 Å². The highest BCUT2D eigenvalue weighted by molar-refractivity contribution is 6.13. The van der Waals surface area contributed by atoms with Crippen LogP contribution >= 0.6 is 0 Å². The lowest BCUT2D eigenvalue weighted by molar-refractivity contribution is -0.211. The highest BCUT2D eigenvalue weighted by Gasteiger charge is 2.63. The second kappa shape index (κ2) is 6.86. The summed E-state index contributed by atoms with van der Waals surface area (Å²) in [4.78, 5) is 27.2. The molecule has 0 N–H and O–H groups in total. The fourth-order valence-corrected chi connectivity index (χ4v) is 5.06. The van der Waals surface area contributed by atoms with Gasteiger partial charge in [-0.15, -0.1) is 0 Å². The smallest absolute Gasteiger partial charge is 0.338 e. The highest BCUT2D eigenvalue weighted by atomic mass is 16.8. The Labute approximate surface area is 184 Å². The molecule has 8 nitrogen and oxygen atoms in total. The number of ether oxygens (including phenoxy) is 6. The van der Waals surface area contributed by atoms with E-state index < -0.39 is 53.8 Å². The molecule has 4 aliphatic rings. The summed E-state index contributed by atoms with van der Waals surface area (Å²) in [6.45, 7) is 3.81. The summed E-state index contributed by atoms with van der Waals surface area (Å²) in [7, 11) is 0. The summed E-state index contributed by atoms with van der Waals surface area (Å²) in [5, 5.41) is 0. The Bertz CT molecular complexity index is 1080. The van der Waals surface area contributed by atoms with Gasteiger partial charge in [-0.2, -0.15) is 0 Å². The molecule has 4 heterocycles. The monoisotopic (exact) mass is 438 g/mol. The van der Waals surface area contributed by atoms with Gasteiger partial charge in [0.2, 0.25) is 5.41 Å². The zero-order valence-electron chi connectivity index (χ0n) is 17.6. The van der Waals surface area contributed by atoms with Gasteiger partial charge in [0.25, 0.3) is 0 Å². The minimum absolute atomic E-state index is 0.238. The van der Waals surface area contributed by atoms with Crippen LogP contribution in [0.2, 0.25) is 0 Å². The third kappa shape index (κ3) is 2.70.